The minimum absolute atomic E-state index is 0.0197. The molecule has 0 bridgehead atoms. The van der Waals surface area contributed by atoms with Crippen molar-refractivity contribution in [2.24, 2.45) is 7.05 Å². The topological polar surface area (TPSA) is 101 Å². The van der Waals surface area contributed by atoms with Crippen molar-refractivity contribution in [1.82, 2.24) is 14.5 Å². The first-order chi connectivity index (χ1) is 9.76. The number of nitrogens with one attached hydrogen (secondary N) is 1. The van der Waals surface area contributed by atoms with Crippen molar-refractivity contribution in [2.75, 3.05) is 0 Å². The summed E-state index contributed by atoms with van der Waals surface area (Å²) in [5, 5.41) is 12.8. The summed E-state index contributed by atoms with van der Waals surface area (Å²) in [4.78, 5) is 11.1. The molecule has 0 unspecified atom stereocenters. The maximum absolute atomic E-state index is 12.5. The van der Waals surface area contributed by atoms with Crippen LogP contribution in [0.25, 0.3) is 0 Å². The number of aryl methyl sites for hydroxylation is 1. The number of sulfonamides is 1. The Morgan fingerprint density at radius 1 is 1.48 bits per heavy atom. The monoisotopic (exact) mass is 335 g/mol. The molecule has 0 radical (unpaired) electrons. The molecule has 1 heterocycles. The molecule has 1 saturated carbocycles. The highest BCUT2D eigenvalue weighted by Crippen LogP contribution is 2.33. The van der Waals surface area contributed by atoms with Gasteiger partial charge < -0.3 is 5.11 Å². The number of halogens is 1. The number of aliphatic carboxylic acids is 1. The molecule has 1 aliphatic rings. The molecule has 1 aromatic heterocycles. The Balaban J connectivity index is 2.33. The van der Waals surface area contributed by atoms with Crippen LogP contribution in [0, 0.1) is 0 Å². The molecule has 2 rings (SSSR count). The Morgan fingerprint density at radius 3 is 2.57 bits per heavy atom. The average molecular weight is 336 g/mol. The molecule has 0 aromatic carbocycles. The number of carboxylic acids is 1. The molecule has 1 aliphatic carbocycles. The Kier molecular flexibility index (Phi) is 4.60. The van der Waals surface area contributed by atoms with E-state index in [1.165, 1.54) is 17.9 Å². The van der Waals surface area contributed by atoms with Crippen LogP contribution in [-0.4, -0.2) is 34.8 Å². The van der Waals surface area contributed by atoms with Gasteiger partial charge in [-0.2, -0.15) is 5.10 Å². The number of hydrogen-bond acceptors (Lipinski definition) is 4. The SMILES string of the molecule is Cn1ncc(Cl)c1S(=O)(=O)NC1(CC(=O)O)CCCCC1. The van der Waals surface area contributed by atoms with Crippen molar-refractivity contribution in [2.45, 2.75) is 49.1 Å². The molecule has 1 fully saturated rings. The standard InChI is InChI=1S/C12H18ClN3O4S/c1-16-11(9(13)8-14-16)21(19,20)15-12(7-10(17)18)5-3-2-4-6-12/h8,15H,2-7H2,1H3,(H,17,18). The van der Waals surface area contributed by atoms with E-state index in [0.29, 0.717) is 12.8 Å². The summed E-state index contributed by atoms with van der Waals surface area (Å²) in [6.07, 6.45) is 4.62. The minimum atomic E-state index is -3.93. The highest BCUT2D eigenvalue weighted by Gasteiger charge is 2.39. The van der Waals surface area contributed by atoms with Crippen LogP contribution < -0.4 is 4.72 Å². The summed E-state index contributed by atoms with van der Waals surface area (Å²) in [6.45, 7) is 0. The molecule has 0 spiro atoms. The largest absolute Gasteiger partial charge is 0.481 e. The quantitative estimate of drug-likeness (QED) is 0.849. The minimum Gasteiger partial charge on any atom is -0.481 e. The highest BCUT2D eigenvalue weighted by atomic mass is 35.5. The first-order valence-electron chi connectivity index (χ1n) is 6.69. The van der Waals surface area contributed by atoms with Gasteiger partial charge in [-0.3, -0.25) is 9.48 Å². The van der Waals surface area contributed by atoms with Crippen LogP contribution in [0.2, 0.25) is 5.02 Å². The Labute approximate surface area is 128 Å². The maximum Gasteiger partial charge on any atom is 0.305 e. The predicted octanol–water partition coefficient (Wildman–Crippen LogP) is 1.53. The van der Waals surface area contributed by atoms with Crippen molar-refractivity contribution in [1.29, 1.82) is 0 Å². The molecule has 2 N–H and O–H groups in total. The summed E-state index contributed by atoms with van der Waals surface area (Å²) in [5.41, 5.74) is -0.948. The van der Waals surface area contributed by atoms with E-state index in [1.54, 1.807) is 0 Å². The molecule has 0 atom stereocenters. The van der Waals surface area contributed by atoms with Gasteiger partial charge in [0, 0.05) is 12.6 Å². The number of rotatable bonds is 5. The second-order valence-corrected chi connectivity index (χ2v) is 7.44. The van der Waals surface area contributed by atoms with Crippen LogP contribution in [0.4, 0.5) is 0 Å². The van der Waals surface area contributed by atoms with E-state index in [2.05, 4.69) is 9.82 Å². The second kappa shape index (κ2) is 5.94. The molecule has 0 aliphatic heterocycles. The van der Waals surface area contributed by atoms with Crippen molar-refractivity contribution in [3.63, 3.8) is 0 Å². The summed E-state index contributed by atoms with van der Waals surface area (Å²) >= 11 is 5.88. The van der Waals surface area contributed by atoms with Crippen molar-refractivity contribution in [3.05, 3.63) is 11.2 Å². The fraction of sp³-hybridized carbons (Fsp3) is 0.667. The van der Waals surface area contributed by atoms with Crippen LogP contribution in [0.15, 0.2) is 11.2 Å². The third-order valence-electron chi connectivity index (χ3n) is 3.75. The molecule has 21 heavy (non-hydrogen) atoms. The van der Waals surface area contributed by atoms with E-state index < -0.39 is 21.5 Å². The van der Waals surface area contributed by atoms with E-state index in [1.807, 2.05) is 0 Å². The maximum atomic E-state index is 12.5. The molecular formula is C12H18ClN3O4S. The van der Waals surface area contributed by atoms with Gasteiger partial charge in [-0.25, -0.2) is 13.1 Å². The second-order valence-electron chi connectivity index (χ2n) is 5.44. The van der Waals surface area contributed by atoms with Gasteiger partial charge >= 0.3 is 5.97 Å². The third kappa shape index (κ3) is 3.56. The molecule has 0 amide bonds. The zero-order valence-electron chi connectivity index (χ0n) is 11.7. The lowest BCUT2D eigenvalue weighted by Crippen LogP contribution is -2.51. The van der Waals surface area contributed by atoms with E-state index in [0.717, 1.165) is 19.3 Å². The van der Waals surface area contributed by atoms with Crippen molar-refractivity contribution >= 4 is 27.6 Å². The third-order valence-corrected chi connectivity index (χ3v) is 5.83. The molecule has 118 valence electrons. The first-order valence-corrected chi connectivity index (χ1v) is 8.55. The van der Waals surface area contributed by atoms with Gasteiger partial charge in [0.15, 0.2) is 5.03 Å². The van der Waals surface area contributed by atoms with Crippen LogP contribution in [0.1, 0.15) is 38.5 Å². The van der Waals surface area contributed by atoms with Crippen molar-refractivity contribution < 1.29 is 18.3 Å². The van der Waals surface area contributed by atoms with E-state index >= 15 is 0 Å². The molecule has 1 aromatic rings. The van der Waals surface area contributed by atoms with Gasteiger partial charge in [-0.05, 0) is 12.8 Å². The number of carboxylic acid groups (broad SMARTS) is 1. The molecule has 7 nitrogen and oxygen atoms in total. The smallest absolute Gasteiger partial charge is 0.305 e. The van der Waals surface area contributed by atoms with Gasteiger partial charge in [0.25, 0.3) is 10.0 Å². The lowest BCUT2D eigenvalue weighted by molar-refractivity contribution is -0.138. The van der Waals surface area contributed by atoms with Crippen LogP contribution >= 0.6 is 11.6 Å². The predicted molar refractivity (Wildman–Crippen MR) is 76.6 cm³/mol. The fourth-order valence-corrected chi connectivity index (χ4v) is 4.99. The lowest BCUT2D eigenvalue weighted by atomic mass is 9.80. The van der Waals surface area contributed by atoms with E-state index in [9.17, 15) is 13.2 Å². The van der Waals surface area contributed by atoms with Gasteiger partial charge in [-0.1, -0.05) is 30.9 Å². The summed E-state index contributed by atoms with van der Waals surface area (Å²) < 4.78 is 28.8. The lowest BCUT2D eigenvalue weighted by Gasteiger charge is -2.36. The Morgan fingerprint density at radius 2 is 2.10 bits per heavy atom. The normalized spacial score (nSPS) is 18.6. The summed E-state index contributed by atoms with van der Waals surface area (Å²) in [5.74, 6) is -1.02. The summed E-state index contributed by atoms with van der Waals surface area (Å²) in [7, 11) is -2.45. The van der Waals surface area contributed by atoms with Gasteiger partial charge in [0.2, 0.25) is 0 Å². The molecular weight excluding hydrogens is 318 g/mol. The van der Waals surface area contributed by atoms with Gasteiger partial charge in [-0.15, -0.1) is 0 Å². The van der Waals surface area contributed by atoms with Crippen LogP contribution in [0.3, 0.4) is 0 Å². The molecule has 9 heteroatoms. The highest BCUT2D eigenvalue weighted by molar-refractivity contribution is 7.89. The molecule has 0 saturated heterocycles. The fourth-order valence-electron chi connectivity index (χ4n) is 2.87. The van der Waals surface area contributed by atoms with Gasteiger partial charge in [0.05, 0.1) is 17.6 Å². The number of nitrogens with zero attached hydrogens (tertiary/aromatic N) is 2. The van der Waals surface area contributed by atoms with E-state index in [-0.39, 0.29) is 16.5 Å². The number of hydrogen-bond donors (Lipinski definition) is 2. The number of carbonyl (C=O) groups is 1. The van der Waals surface area contributed by atoms with Crippen LogP contribution in [-0.2, 0) is 21.9 Å². The Bertz CT molecular complexity index is 615. The van der Waals surface area contributed by atoms with Crippen LogP contribution in [0.5, 0.6) is 0 Å². The average Bonchev–Trinajstić information content (AvgIpc) is 2.68. The van der Waals surface area contributed by atoms with Gasteiger partial charge in [0.1, 0.15) is 0 Å². The zero-order chi connectivity index (χ0) is 15.7. The first kappa shape index (κ1) is 16.3. The van der Waals surface area contributed by atoms with Crippen molar-refractivity contribution in [3.8, 4) is 0 Å². The van der Waals surface area contributed by atoms with E-state index in [4.69, 9.17) is 16.7 Å². The zero-order valence-corrected chi connectivity index (χ0v) is 13.2. The number of aromatic nitrogens is 2. The summed E-state index contributed by atoms with van der Waals surface area (Å²) in [6, 6.07) is 0. The Hall–Kier alpha value is -1.12.